The number of carbonyl (C=O) groups is 2. The summed E-state index contributed by atoms with van der Waals surface area (Å²) < 4.78 is 38.5. The summed E-state index contributed by atoms with van der Waals surface area (Å²) in [5.74, 6) is -1.40. The van der Waals surface area contributed by atoms with Crippen LogP contribution in [0.1, 0.15) is 29.8 Å². The van der Waals surface area contributed by atoms with Crippen molar-refractivity contribution < 1.29 is 22.8 Å². The van der Waals surface area contributed by atoms with Crippen LogP contribution in [0.2, 0.25) is 0 Å². The number of hydrogen-bond donors (Lipinski definition) is 3. The van der Waals surface area contributed by atoms with E-state index in [0.29, 0.717) is 6.54 Å². The van der Waals surface area contributed by atoms with Crippen LogP contribution in [0.4, 0.5) is 13.2 Å². The van der Waals surface area contributed by atoms with Gasteiger partial charge in [-0.25, -0.2) is 0 Å². The number of halogens is 4. The Labute approximate surface area is 144 Å². The highest BCUT2D eigenvalue weighted by Gasteiger charge is 2.34. The zero-order valence-corrected chi connectivity index (χ0v) is 14.2. The number of rotatable bonds is 7. The predicted molar refractivity (Wildman–Crippen MR) is 87.2 cm³/mol. The molecule has 2 amide bonds. The highest BCUT2D eigenvalue weighted by atomic mass is 35.5. The van der Waals surface area contributed by atoms with Crippen molar-refractivity contribution in [2.75, 3.05) is 19.6 Å². The SMILES string of the molecule is CCN[C@H](C)CNC(=O)CNC(=O)c1ccccc1C(F)(F)F.Cl. The lowest BCUT2D eigenvalue weighted by atomic mass is 10.1. The topological polar surface area (TPSA) is 70.2 Å². The third-order valence-corrected chi connectivity index (χ3v) is 3.04. The number of likely N-dealkylation sites (N-methyl/N-ethyl adjacent to an activating group) is 1. The summed E-state index contributed by atoms with van der Waals surface area (Å²) in [6.45, 7) is 4.53. The molecule has 24 heavy (non-hydrogen) atoms. The first kappa shape index (κ1) is 22.2. The van der Waals surface area contributed by atoms with Crippen molar-refractivity contribution in [3.63, 3.8) is 0 Å². The number of carbonyl (C=O) groups excluding carboxylic acids is 2. The largest absolute Gasteiger partial charge is 0.417 e. The molecule has 0 aliphatic rings. The summed E-state index contributed by atoms with van der Waals surface area (Å²) in [6, 6.07) is 4.50. The summed E-state index contributed by atoms with van der Waals surface area (Å²) in [7, 11) is 0. The minimum Gasteiger partial charge on any atom is -0.353 e. The van der Waals surface area contributed by atoms with Gasteiger partial charge in [0.1, 0.15) is 0 Å². The van der Waals surface area contributed by atoms with Gasteiger partial charge >= 0.3 is 6.18 Å². The maximum absolute atomic E-state index is 12.8. The molecule has 0 unspecified atom stereocenters. The molecule has 0 aliphatic carbocycles. The summed E-state index contributed by atoms with van der Waals surface area (Å²) >= 11 is 0. The molecule has 0 bridgehead atoms. The normalized spacial score (nSPS) is 12.0. The molecule has 5 nitrogen and oxygen atoms in total. The van der Waals surface area contributed by atoms with Crippen molar-refractivity contribution in [1.29, 1.82) is 0 Å². The van der Waals surface area contributed by atoms with Gasteiger partial charge in [-0.05, 0) is 25.6 Å². The lowest BCUT2D eigenvalue weighted by molar-refractivity contribution is -0.137. The molecule has 136 valence electrons. The Morgan fingerprint density at radius 1 is 1.17 bits per heavy atom. The van der Waals surface area contributed by atoms with Crippen molar-refractivity contribution in [2.45, 2.75) is 26.1 Å². The van der Waals surface area contributed by atoms with E-state index in [1.54, 1.807) is 0 Å². The van der Waals surface area contributed by atoms with Gasteiger partial charge < -0.3 is 16.0 Å². The second-order valence-corrected chi connectivity index (χ2v) is 4.99. The number of benzene rings is 1. The molecule has 0 aromatic heterocycles. The van der Waals surface area contributed by atoms with Crippen LogP contribution >= 0.6 is 12.4 Å². The van der Waals surface area contributed by atoms with Crippen LogP contribution in [0, 0.1) is 0 Å². The second kappa shape index (κ2) is 10.1. The third kappa shape index (κ3) is 7.18. The smallest absolute Gasteiger partial charge is 0.353 e. The fourth-order valence-corrected chi connectivity index (χ4v) is 1.93. The van der Waals surface area contributed by atoms with Gasteiger partial charge in [-0.3, -0.25) is 9.59 Å². The molecule has 1 rings (SSSR count). The van der Waals surface area contributed by atoms with E-state index in [0.717, 1.165) is 18.7 Å². The Morgan fingerprint density at radius 2 is 1.79 bits per heavy atom. The average molecular weight is 368 g/mol. The first-order chi connectivity index (χ1) is 10.8. The average Bonchev–Trinajstić information content (AvgIpc) is 2.50. The molecule has 1 aromatic rings. The molecule has 0 aliphatic heterocycles. The maximum atomic E-state index is 12.8. The van der Waals surface area contributed by atoms with Crippen molar-refractivity contribution in [3.05, 3.63) is 35.4 Å². The van der Waals surface area contributed by atoms with E-state index in [9.17, 15) is 22.8 Å². The fourth-order valence-electron chi connectivity index (χ4n) is 1.93. The van der Waals surface area contributed by atoms with E-state index in [1.807, 2.05) is 13.8 Å². The third-order valence-electron chi connectivity index (χ3n) is 3.04. The van der Waals surface area contributed by atoms with Crippen LogP contribution in [0.15, 0.2) is 24.3 Å². The van der Waals surface area contributed by atoms with E-state index in [-0.39, 0.29) is 25.0 Å². The quantitative estimate of drug-likeness (QED) is 0.690. The Hall–Kier alpha value is -1.80. The fraction of sp³-hybridized carbons (Fsp3) is 0.467. The summed E-state index contributed by atoms with van der Waals surface area (Å²) in [5, 5.41) is 7.86. The van der Waals surface area contributed by atoms with Gasteiger partial charge in [0.25, 0.3) is 5.91 Å². The molecule has 0 radical (unpaired) electrons. The highest BCUT2D eigenvalue weighted by molar-refractivity contribution is 5.97. The Morgan fingerprint density at radius 3 is 2.38 bits per heavy atom. The lowest BCUT2D eigenvalue weighted by Crippen LogP contribution is -2.43. The highest BCUT2D eigenvalue weighted by Crippen LogP contribution is 2.31. The summed E-state index contributed by atoms with van der Waals surface area (Å²) in [5.41, 5.74) is -1.53. The van der Waals surface area contributed by atoms with Crippen LogP contribution in [0.3, 0.4) is 0 Å². The van der Waals surface area contributed by atoms with Gasteiger partial charge in [0.05, 0.1) is 17.7 Å². The predicted octanol–water partition coefficient (Wildman–Crippen LogP) is 1.97. The molecule has 1 atom stereocenters. The first-order valence-electron chi connectivity index (χ1n) is 7.20. The molecule has 0 fully saturated rings. The van der Waals surface area contributed by atoms with E-state index in [1.165, 1.54) is 12.1 Å². The zero-order valence-electron chi connectivity index (χ0n) is 13.4. The van der Waals surface area contributed by atoms with Crippen LogP contribution in [0.25, 0.3) is 0 Å². The Kier molecular flexibility index (Phi) is 9.38. The van der Waals surface area contributed by atoms with Crippen LogP contribution < -0.4 is 16.0 Å². The maximum Gasteiger partial charge on any atom is 0.417 e. The monoisotopic (exact) mass is 367 g/mol. The van der Waals surface area contributed by atoms with Gasteiger partial charge in [-0.1, -0.05) is 19.1 Å². The molecule has 0 heterocycles. The summed E-state index contributed by atoms with van der Waals surface area (Å²) in [4.78, 5) is 23.4. The molecule has 0 saturated heterocycles. The second-order valence-electron chi connectivity index (χ2n) is 4.99. The van der Waals surface area contributed by atoms with E-state index in [4.69, 9.17) is 0 Å². The van der Waals surface area contributed by atoms with E-state index >= 15 is 0 Å². The van der Waals surface area contributed by atoms with Crippen molar-refractivity contribution in [1.82, 2.24) is 16.0 Å². The van der Waals surface area contributed by atoms with Crippen LogP contribution in [-0.2, 0) is 11.0 Å². The number of amides is 2. The van der Waals surface area contributed by atoms with Crippen molar-refractivity contribution in [3.8, 4) is 0 Å². The van der Waals surface area contributed by atoms with Crippen molar-refractivity contribution >= 4 is 24.2 Å². The molecular weight excluding hydrogens is 347 g/mol. The number of nitrogens with one attached hydrogen (secondary N) is 3. The van der Waals surface area contributed by atoms with Gasteiger partial charge in [-0.15, -0.1) is 12.4 Å². The van der Waals surface area contributed by atoms with E-state index < -0.39 is 29.1 Å². The van der Waals surface area contributed by atoms with E-state index in [2.05, 4.69) is 16.0 Å². The van der Waals surface area contributed by atoms with Gasteiger partial charge in [0, 0.05) is 12.6 Å². The van der Waals surface area contributed by atoms with Gasteiger partial charge in [0.15, 0.2) is 0 Å². The molecule has 0 spiro atoms. The number of alkyl halides is 3. The minimum atomic E-state index is -4.63. The zero-order chi connectivity index (χ0) is 17.5. The Bertz CT molecular complexity index is 553. The Balaban J connectivity index is 0.00000529. The minimum absolute atomic E-state index is 0. The molecule has 3 N–H and O–H groups in total. The van der Waals surface area contributed by atoms with Crippen LogP contribution in [-0.4, -0.2) is 37.5 Å². The number of hydrogen-bond acceptors (Lipinski definition) is 3. The molecular formula is C15H21ClF3N3O2. The lowest BCUT2D eigenvalue weighted by Gasteiger charge is -2.14. The summed E-state index contributed by atoms with van der Waals surface area (Å²) in [6.07, 6.45) is -4.63. The van der Waals surface area contributed by atoms with Gasteiger partial charge in [0.2, 0.25) is 5.91 Å². The van der Waals surface area contributed by atoms with Gasteiger partial charge in [-0.2, -0.15) is 13.2 Å². The van der Waals surface area contributed by atoms with Crippen LogP contribution in [0.5, 0.6) is 0 Å². The molecule has 0 saturated carbocycles. The standard InChI is InChI=1S/C15H20F3N3O2.ClH/c1-3-19-10(2)8-20-13(22)9-21-14(23)11-6-4-5-7-12(11)15(16,17)18;/h4-7,10,19H,3,8-9H2,1-2H3,(H,20,22)(H,21,23);1H/t10-;/m1./s1. The molecule has 1 aromatic carbocycles. The molecule has 9 heteroatoms. The van der Waals surface area contributed by atoms with Crippen molar-refractivity contribution in [2.24, 2.45) is 0 Å². The first-order valence-corrected chi connectivity index (χ1v) is 7.20.